The van der Waals surface area contributed by atoms with Crippen LogP contribution in [0.2, 0.25) is 0 Å². The maximum Gasteiger partial charge on any atom is 0.282 e. The number of nitrogens with zero attached hydrogens (tertiary/aromatic N) is 4. The lowest BCUT2D eigenvalue weighted by atomic mass is 10.3. The number of aromatic nitrogens is 4. The molecule has 0 N–H and O–H groups in total. The zero-order chi connectivity index (χ0) is 11.4. The van der Waals surface area contributed by atoms with Crippen molar-refractivity contribution in [2.75, 3.05) is 0 Å². The van der Waals surface area contributed by atoms with E-state index in [1.54, 1.807) is 13.8 Å². The van der Waals surface area contributed by atoms with Crippen molar-refractivity contribution in [3.63, 3.8) is 0 Å². The van der Waals surface area contributed by atoms with Gasteiger partial charge in [-0.3, -0.25) is 18.4 Å². The van der Waals surface area contributed by atoms with Crippen molar-refractivity contribution >= 4 is 11.0 Å². The Hall–Kier alpha value is -2.24. The highest BCUT2D eigenvalue weighted by molar-refractivity contribution is 5.58. The summed E-state index contributed by atoms with van der Waals surface area (Å²) in [6.07, 6.45) is 2.75. The molecule has 0 fully saturated rings. The molecule has 0 aliphatic heterocycles. The van der Waals surface area contributed by atoms with Gasteiger partial charge in [0.15, 0.2) is 0 Å². The van der Waals surface area contributed by atoms with E-state index in [1.807, 2.05) is 0 Å². The van der Waals surface area contributed by atoms with Crippen LogP contribution in [0.4, 0.5) is 0 Å². The molecule has 3 aromatic heterocycles. The molecule has 0 spiro atoms. The van der Waals surface area contributed by atoms with Gasteiger partial charge in [-0.1, -0.05) is 0 Å². The van der Waals surface area contributed by atoms with Crippen LogP contribution >= 0.6 is 0 Å². The van der Waals surface area contributed by atoms with Gasteiger partial charge in [0.05, 0.1) is 11.4 Å². The third kappa shape index (κ3) is 0.861. The number of hydrogen-bond donors (Lipinski definition) is 0. The highest BCUT2D eigenvalue weighted by atomic mass is 16.1. The summed E-state index contributed by atoms with van der Waals surface area (Å²) in [5.74, 6) is 0. The van der Waals surface area contributed by atoms with Gasteiger partial charge in [-0.2, -0.15) is 0 Å². The Morgan fingerprint density at radius 1 is 0.875 bits per heavy atom. The minimum atomic E-state index is -0.259. The van der Waals surface area contributed by atoms with Gasteiger partial charge in [0, 0.05) is 0 Å². The van der Waals surface area contributed by atoms with E-state index in [9.17, 15) is 9.59 Å². The molecular weight excluding hydrogens is 208 g/mol. The summed E-state index contributed by atoms with van der Waals surface area (Å²) < 4.78 is 2.56. The van der Waals surface area contributed by atoms with Crippen molar-refractivity contribution in [1.29, 1.82) is 0 Å². The molecule has 3 rings (SSSR count). The standard InChI is InChI=1S/C10H8N4O2/c1-5-7-9(15)14-4-12-6(2)8(14)10(16)13(7)3-11-5/h3-4H,1-2H3. The summed E-state index contributed by atoms with van der Waals surface area (Å²) in [6, 6.07) is 0. The fourth-order valence-corrected chi connectivity index (χ4v) is 1.93. The molecule has 16 heavy (non-hydrogen) atoms. The SMILES string of the molecule is Cc1ncn2c(=O)c3c(C)ncn3c(=O)c12. The topological polar surface area (TPSA) is 68.7 Å². The van der Waals surface area contributed by atoms with Crippen LogP contribution in [0, 0.1) is 13.8 Å². The fraction of sp³-hybridized carbons (Fsp3) is 0.200. The molecule has 0 unspecified atom stereocenters. The molecule has 0 atom stereocenters. The molecule has 6 nitrogen and oxygen atoms in total. The van der Waals surface area contributed by atoms with Gasteiger partial charge < -0.3 is 0 Å². The van der Waals surface area contributed by atoms with Crippen LogP contribution in [-0.2, 0) is 0 Å². The average molecular weight is 216 g/mol. The Morgan fingerprint density at radius 3 is 1.62 bits per heavy atom. The molecule has 80 valence electrons. The Morgan fingerprint density at radius 2 is 1.25 bits per heavy atom. The van der Waals surface area contributed by atoms with Crippen molar-refractivity contribution < 1.29 is 0 Å². The van der Waals surface area contributed by atoms with Gasteiger partial charge in [0.25, 0.3) is 11.1 Å². The average Bonchev–Trinajstić information content (AvgIpc) is 2.80. The van der Waals surface area contributed by atoms with Crippen molar-refractivity contribution in [1.82, 2.24) is 18.8 Å². The zero-order valence-corrected chi connectivity index (χ0v) is 8.76. The van der Waals surface area contributed by atoms with Gasteiger partial charge in [-0.25, -0.2) is 9.97 Å². The van der Waals surface area contributed by atoms with Crippen LogP contribution < -0.4 is 11.1 Å². The smallest absolute Gasteiger partial charge is 0.266 e. The van der Waals surface area contributed by atoms with Gasteiger partial charge in [-0.05, 0) is 13.8 Å². The van der Waals surface area contributed by atoms with Gasteiger partial charge in [0.2, 0.25) is 0 Å². The summed E-state index contributed by atoms with van der Waals surface area (Å²) in [7, 11) is 0. The molecule has 0 aliphatic carbocycles. The second-order valence-electron chi connectivity index (χ2n) is 3.71. The maximum absolute atomic E-state index is 12.1. The predicted molar refractivity (Wildman–Crippen MR) is 57.1 cm³/mol. The first kappa shape index (κ1) is 9.02. The van der Waals surface area contributed by atoms with Crippen LogP contribution in [0.3, 0.4) is 0 Å². The molecular formula is C10H8N4O2. The number of imidazole rings is 2. The Kier molecular flexibility index (Phi) is 1.50. The van der Waals surface area contributed by atoms with E-state index in [1.165, 1.54) is 21.5 Å². The molecule has 6 heteroatoms. The highest BCUT2D eigenvalue weighted by Crippen LogP contribution is 2.04. The lowest BCUT2D eigenvalue weighted by Crippen LogP contribution is -2.25. The third-order valence-electron chi connectivity index (χ3n) is 2.74. The van der Waals surface area contributed by atoms with E-state index in [-0.39, 0.29) is 11.1 Å². The molecule has 0 saturated carbocycles. The van der Waals surface area contributed by atoms with E-state index in [2.05, 4.69) is 9.97 Å². The van der Waals surface area contributed by atoms with E-state index in [0.29, 0.717) is 22.4 Å². The monoisotopic (exact) mass is 216 g/mol. The van der Waals surface area contributed by atoms with Gasteiger partial charge in [0.1, 0.15) is 23.7 Å². The summed E-state index contributed by atoms with van der Waals surface area (Å²) >= 11 is 0. The Labute approximate surface area is 89.2 Å². The van der Waals surface area contributed by atoms with Gasteiger partial charge >= 0.3 is 0 Å². The molecule has 0 aromatic carbocycles. The van der Waals surface area contributed by atoms with Crippen LogP contribution in [-0.4, -0.2) is 18.8 Å². The van der Waals surface area contributed by atoms with Crippen molar-refractivity contribution in [2.45, 2.75) is 13.8 Å². The largest absolute Gasteiger partial charge is 0.282 e. The second kappa shape index (κ2) is 2.66. The summed E-state index contributed by atoms with van der Waals surface area (Å²) in [5.41, 5.74) is 1.21. The first-order chi connectivity index (χ1) is 7.61. The summed E-state index contributed by atoms with van der Waals surface area (Å²) in [6.45, 7) is 3.40. The number of aryl methyl sites for hydroxylation is 2. The van der Waals surface area contributed by atoms with Crippen molar-refractivity contribution in [3.8, 4) is 0 Å². The van der Waals surface area contributed by atoms with E-state index in [4.69, 9.17) is 0 Å². The lowest BCUT2D eigenvalue weighted by molar-refractivity contribution is 1.01. The summed E-state index contributed by atoms with van der Waals surface area (Å²) in [5, 5.41) is 0. The highest BCUT2D eigenvalue weighted by Gasteiger charge is 2.14. The molecule has 0 bridgehead atoms. The van der Waals surface area contributed by atoms with E-state index in [0.717, 1.165) is 0 Å². The molecule has 3 heterocycles. The van der Waals surface area contributed by atoms with Crippen LogP contribution in [0.5, 0.6) is 0 Å². The van der Waals surface area contributed by atoms with Gasteiger partial charge in [-0.15, -0.1) is 0 Å². The van der Waals surface area contributed by atoms with E-state index >= 15 is 0 Å². The quantitative estimate of drug-likeness (QED) is 0.520. The lowest BCUT2D eigenvalue weighted by Gasteiger charge is -1.96. The molecule has 0 amide bonds. The third-order valence-corrected chi connectivity index (χ3v) is 2.74. The molecule has 0 saturated heterocycles. The predicted octanol–water partition coefficient (Wildman–Crippen LogP) is -0.243. The van der Waals surface area contributed by atoms with Crippen LogP contribution in [0.25, 0.3) is 11.0 Å². The minimum Gasteiger partial charge on any atom is -0.266 e. The van der Waals surface area contributed by atoms with E-state index < -0.39 is 0 Å². The summed E-state index contributed by atoms with van der Waals surface area (Å²) in [4.78, 5) is 32.1. The fourth-order valence-electron chi connectivity index (χ4n) is 1.93. The second-order valence-corrected chi connectivity index (χ2v) is 3.71. The number of rotatable bonds is 0. The first-order valence-corrected chi connectivity index (χ1v) is 4.78. The Balaban J connectivity index is 2.83. The molecule has 0 aliphatic rings. The number of fused-ring (bicyclic) bond motifs is 2. The maximum atomic E-state index is 12.1. The molecule has 3 aromatic rings. The normalized spacial score (nSPS) is 11.6. The van der Waals surface area contributed by atoms with Crippen molar-refractivity contribution in [2.24, 2.45) is 0 Å². The zero-order valence-electron chi connectivity index (χ0n) is 8.76. The number of hydrogen-bond acceptors (Lipinski definition) is 4. The van der Waals surface area contributed by atoms with Crippen molar-refractivity contribution in [3.05, 3.63) is 44.8 Å². The minimum absolute atomic E-state index is 0.259. The molecule has 0 radical (unpaired) electrons. The van der Waals surface area contributed by atoms with Crippen LogP contribution in [0.15, 0.2) is 22.2 Å². The first-order valence-electron chi connectivity index (χ1n) is 4.78. The Bertz CT molecular complexity index is 745. The van der Waals surface area contributed by atoms with Crippen LogP contribution in [0.1, 0.15) is 11.4 Å².